The van der Waals surface area contributed by atoms with Crippen molar-refractivity contribution >= 4 is 5.97 Å². The van der Waals surface area contributed by atoms with Crippen molar-refractivity contribution in [1.82, 2.24) is 0 Å². The first-order chi connectivity index (χ1) is 8.95. The van der Waals surface area contributed by atoms with Gasteiger partial charge in [0.2, 0.25) is 0 Å². The molecule has 0 heterocycles. The third-order valence-electron chi connectivity index (χ3n) is 2.93. The van der Waals surface area contributed by atoms with Crippen LogP contribution in [0.5, 0.6) is 0 Å². The van der Waals surface area contributed by atoms with Gasteiger partial charge in [-0.05, 0) is 58.4 Å². The van der Waals surface area contributed by atoms with Crippen molar-refractivity contribution in [3.05, 3.63) is 23.8 Å². The fraction of sp³-hybridized carbons (Fsp3) is 0.706. The highest BCUT2D eigenvalue weighted by molar-refractivity contribution is 5.69. The second-order valence-corrected chi connectivity index (χ2v) is 5.57. The normalized spacial score (nSPS) is 14.2. The Morgan fingerprint density at radius 1 is 1.26 bits per heavy atom. The average Bonchev–Trinajstić information content (AvgIpc) is 2.28. The summed E-state index contributed by atoms with van der Waals surface area (Å²) in [4.78, 5) is 11.3. The molecule has 0 aliphatic heterocycles. The quantitative estimate of drug-likeness (QED) is 0.431. The lowest BCUT2D eigenvalue weighted by molar-refractivity contribution is -0.146. The van der Waals surface area contributed by atoms with Gasteiger partial charge in [0, 0.05) is 6.42 Å². The van der Waals surface area contributed by atoms with Crippen LogP contribution in [0.1, 0.15) is 66.7 Å². The van der Waals surface area contributed by atoms with Gasteiger partial charge in [0.25, 0.3) is 0 Å². The molecule has 0 spiro atoms. The summed E-state index contributed by atoms with van der Waals surface area (Å²) in [5, 5.41) is 0. The number of ether oxygens (including phenoxy) is 1. The second kappa shape index (κ2) is 10.8. The van der Waals surface area contributed by atoms with E-state index in [4.69, 9.17) is 4.74 Å². The number of carbonyl (C=O) groups excluding carboxylic acids is 1. The molecule has 2 atom stereocenters. The Bertz CT molecular complexity index is 298. The molecule has 0 fully saturated rings. The Kier molecular flexibility index (Phi) is 10.2. The standard InChI is InChI=1S/C17H30O2/c1-6-9-17(18)19-16(5)13-8-12-15(4)11-7-10-14(2)3/h8,10,13,15-16H,6-7,9,11-12H2,1-5H3/t15-,16+/m1/s1. The molecule has 0 aliphatic carbocycles. The second-order valence-electron chi connectivity index (χ2n) is 5.57. The Labute approximate surface area is 118 Å². The van der Waals surface area contributed by atoms with Crippen LogP contribution in [0.15, 0.2) is 23.8 Å². The van der Waals surface area contributed by atoms with Crippen molar-refractivity contribution in [2.24, 2.45) is 5.92 Å². The number of carbonyl (C=O) groups is 1. The first-order valence-corrected chi connectivity index (χ1v) is 7.45. The van der Waals surface area contributed by atoms with Crippen LogP contribution >= 0.6 is 0 Å². The largest absolute Gasteiger partial charge is 0.458 e. The van der Waals surface area contributed by atoms with Crippen LogP contribution in [0.25, 0.3) is 0 Å². The number of esters is 1. The first kappa shape index (κ1) is 17.9. The molecule has 0 aliphatic rings. The van der Waals surface area contributed by atoms with Gasteiger partial charge in [-0.3, -0.25) is 4.79 Å². The SMILES string of the molecule is CCCC(=O)O[C@@H](C)C=CC[C@H](C)CCC=C(C)C. The zero-order valence-corrected chi connectivity index (χ0v) is 13.2. The molecule has 0 aromatic rings. The molecular formula is C17H30O2. The number of hydrogen-bond donors (Lipinski definition) is 0. The molecule has 0 rings (SSSR count). The van der Waals surface area contributed by atoms with Crippen molar-refractivity contribution in [3.63, 3.8) is 0 Å². The lowest BCUT2D eigenvalue weighted by Gasteiger charge is -2.10. The predicted molar refractivity (Wildman–Crippen MR) is 82.0 cm³/mol. The van der Waals surface area contributed by atoms with Gasteiger partial charge < -0.3 is 4.74 Å². The molecule has 110 valence electrons. The maximum absolute atomic E-state index is 11.3. The summed E-state index contributed by atoms with van der Waals surface area (Å²) in [6.07, 6.45) is 11.1. The molecule has 2 heteroatoms. The highest BCUT2D eigenvalue weighted by Crippen LogP contribution is 2.13. The molecular weight excluding hydrogens is 236 g/mol. The topological polar surface area (TPSA) is 26.3 Å². The molecule has 0 aromatic heterocycles. The summed E-state index contributed by atoms with van der Waals surface area (Å²) in [6.45, 7) is 10.4. The molecule has 0 aromatic carbocycles. The molecule has 0 radical (unpaired) electrons. The van der Waals surface area contributed by atoms with E-state index in [-0.39, 0.29) is 12.1 Å². The van der Waals surface area contributed by atoms with Crippen LogP contribution in [-0.4, -0.2) is 12.1 Å². The van der Waals surface area contributed by atoms with Crippen LogP contribution in [0.3, 0.4) is 0 Å². The minimum absolute atomic E-state index is 0.101. The molecule has 0 bridgehead atoms. The highest BCUT2D eigenvalue weighted by Gasteiger charge is 2.05. The van der Waals surface area contributed by atoms with E-state index in [1.54, 1.807) is 0 Å². The summed E-state index contributed by atoms with van der Waals surface area (Å²) in [6, 6.07) is 0. The monoisotopic (exact) mass is 266 g/mol. The Hall–Kier alpha value is -1.05. The Morgan fingerprint density at radius 2 is 1.95 bits per heavy atom. The van der Waals surface area contributed by atoms with Crippen molar-refractivity contribution < 1.29 is 9.53 Å². The number of hydrogen-bond acceptors (Lipinski definition) is 2. The minimum Gasteiger partial charge on any atom is -0.458 e. The fourth-order valence-corrected chi connectivity index (χ4v) is 1.79. The van der Waals surface area contributed by atoms with Gasteiger partial charge in [0.1, 0.15) is 6.10 Å². The van der Waals surface area contributed by atoms with Gasteiger partial charge in [-0.2, -0.15) is 0 Å². The van der Waals surface area contributed by atoms with Crippen molar-refractivity contribution in [2.45, 2.75) is 72.8 Å². The molecule has 2 nitrogen and oxygen atoms in total. The van der Waals surface area contributed by atoms with E-state index >= 15 is 0 Å². The minimum atomic E-state index is -0.107. The Balaban J connectivity index is 3.81. The van der Waals surface area contributed by atoms with Gasteiger partial charge in [0.05, 0.1) is 0 Å². The fourth-order valence-electron chi connectivity index (χ4n) is 1.79. The van der Waals surface area contributed by atoms with Gasteiger partial charge in [-0.25, -0.2) is 0 Å². The van der Waals surface area contributed by atoms with Crippen LogP contribution in [0.4, 0.5) is 0 Å². The molecule has 0 saturated heterocycles. The molecule has 0 unspecified atom stereocenters. The maximum Gasteiger partial charge on any atom is 0.306 e. The third kappa shape index (κ3) is 11.8. The lowest BCUT2D eigenvalue weighted by Crippen LogP contribution is -2.12. The molecule has 0 amide bonds. The van der Waals surface area contributed by atoms with E-state index in [9.17, 15) is 4.79 Å². The predicted octanol–water partition coefficient (Wildman–Crippen LogP) is 5.05. The lowest BCUT2D eigenvalue weighted by atomic mass is 10.0. The summed E-state index contributed by atoms with van der Waals surface area (Å²) in [7, 11) is 0. The third-order valence-corrected chi connectivity index (χ3v) is 2.93. The van der Waals surface area contributed by atoms with Gasteiger partial charge in [0.15, 0.2) is 0 Å². The smallest absolute Gasteiger partial charge is 0.306 e. The van der Waals surface area contributed by atoms with Crippen molar-refractivity contribution in [3.8, 4) is 0 Å². The van der Waals surface area contributed by atoms with Gasteiger partial charge >= 0.3 is 5.97 Å². The summed E-state index contributed by atoms with van der Waals surface area (Å²) >= 11 is 0. The van der Waals surface area contributed by atoms with E-state index in [1.165, 1.54) is 12.0 Å². The van der Waals surface area contributed by atoms with E-state index < -0.39 is 0 Å². The Morgan fingerprint density at radius 3 is 2.53 bits per heavy atom. The number of rotatable bonds is 9. The van der Waals surface area contributed by atoms with Crippen molar-refractivity contribution in [2.75, 3.05) is 0 Å². The van der Waals surface area contributed by atoms with E-state index in [0.717, 1.165) is 19.3 Å². The summed E-state index contributed by atoms with van der Waals surface area (Å²) in [5.74, 6) is 0.571. The maximum atomic E-state index is 11.3. The van der Waals surface area contributed by atoms with Crippen LogP contribution in [-0.2, 0) is 9.53 Å². The molecule has 0 saturated carbocycles. The zero-order chi connectivity index (χ0) is 14.7. The van der Waals surface area contributed by atoms with Gasteiger partial charge in [-0.15, -0.1) is 0 Å². The van der Waals surface area contributed by atoms with Crippen molar-refractivity contribution in [1.29, 1.82) is 0 Å². The zero-order valence-electron chi connectivity index (χ0n) is 13.2. The van der Waals surface area contributed by atoms with E-state index in [2.05, 4.69) is 32.9 Å². The highest BCUT2D eigenvalue weighted by atomic mass is 16.5. The van der Waals surface area contributed by atoms with E-state index in [0.29, 0.717) is 12.3 Å². The molecule has 19 heavy (non-hydrogen) atoms. The summed E-state index contributed by atoms with van der Waals surface area (Å²) < 4.78 is 5.25. The first-order valence-electron chi connectivity index (χ1n) is 7.45. The van der Waals surface area contributed by atoms with Gasteiger partial charge in [-0.1, -0.05) is 31.6 Å². The van der Waals surface area contributed by atoms with Crippen LogP contribution < -0.4 is 0 Å². The average molecular weight is 266 g/mol. The van der Waals surface area contributed by atoms with E-state index in [1.807, 2.05) is 19.9 Å². The summed E-state index contributed by atoms with van der Waals surface area (Å²) in [5.41, 5.74) is 1.39. The van der Waals surface area contributed by atoms with Crippen LogP contribution in [0.2, 0.25) is 0 Å². The molecule has 0 N–H and O–H groups in total. The number of allylic oxidation sites excluding steroid dienone is 3. The van der Waals surface area contributed by atoms with Crippen LogP contribution in [0, 0.1) is 5.92 Å².